The van der Waals surface area contributed by atoms with Crippen LogP contribution in [0.5, 0.6) is 0 Å². The zero-order chi connectivity index (χ0) is 16.5. The highest BCUT2D eigenvalue weighted by molar-refractivity contribution is 5.72. The van der Waals surface area contributed by atoms with Gasteiger partial charge in [-0.05, 0) is 50.0 Å². The molecule has 4 nitrogen and oxygen atoms in total. The summed E-state index contributed by atoms with van der Waals surface area (Å²) >= 11 is 0. The lowest BCUT2D eigenvalue weighted by Crippen LogP contribution is -2.44. The zero-order valence-corrected chi connectivity index (χ0v) is 14.2. The Morgan fingerprint density at radius 3 is 2.83 bits per heavy atom. The third kappa shape index (κ3) is 5.54. The summed E-state index contributed by atoms with van der Waals surface area (Å²) in [7, 11) is 0. The summed E-state index contributed by atoms with van der Waals surface area (Å²) in [5.41, 5.74) is 6.88. The van der Waals surface area contributed by atoms with Crippen LogP contribution >= 0.6 is 0 Å². The molecule has 2 N–H and O–H groups in total. The van der Waals surface area contributed by atoms with Crippen LogP contribution in [0.3, 0.4) is 0 Å². The zero-order valence-electron chi connectivity index (χ0n) is 14.2. The molecule has 1 saturated heterocycles. The molecular formula is C19H30N2O2. The van der Waals surface area contributed by atoms with E-state index in [1.807, 2.05) is 11.8 Å². The van der Waals surface area contributed by atoms with Gasteiger partial charge in [-0.25, -0.2) is 4.79 Å². The van der Waals surface area contributed by atoms with Crippen molar-refractivity contribution in [1.82, 2.24) is 4.90 Å². The van der Waals surface area contributed by atoms with Crippen molar-refractivity contribution in [3.63, 3.8) is 0 Å². The van der Waals surface area contributed by atoms with Gasteiger partial charge in [0, 0.05) is 26.3 Å². The largest absolute Gasteiger partial charge is 0.382 e. The average Bonchev–Trinajstić information content (AvgIpc) is 2.59. The van der Waals surface area contributed by atoms with Gasteiger partial charge in [0.05, 0.1) is 0 Å². The molecule has 23 heavy (non-hydrogen) atoms. The molecule has 1 fully saturated rings. The Bertz CT molecular complexity index is 464. The lowest BCUT2D eigenvalue weighted by molar-refractivity contribution is 0.138. The van der Waals surface area contributed by atoms with Crippen LogP contribution in [0.4, 0.5) is 4.79 Å². The Labute approximate surface area is 140 Å². The number of amides is 2. The second-order valence-electron chi connectivity index (χ2n) is 6.40. The van der Waals surface area contributed by atoms with Crippen molar-refractivity contribution in [1.29, 1.82) is 0 Å². The molecule has 0 spiro atoms. The first kappa shape index (κ1) is 17.8. The van der Waals surface area contributed by atoms with Gasteiger partial charge in [0.15, 0.2) is 0 Å². The molecule has 1 aromatic carbocycles. The van der Waals surface area contributed by atoms with E-state index in [1.54, 1.807) is 0 Å². The molecule has 0 aliphatic carbocycles. The van der Waals surface area contributed by atoms with Crippen molar-refractivity contribution in [3.05, 3.63) is 35.9 Å². The van der Waals surface area contributed by atoms with E-state index in [2.05, 4.69) is 30.3 Å². The van der Waals surface area contributed by atoms with E-state index >= 15 is 0 Å². The van der Waals surface area contributed by atoms with E-state index in [0.717, 1.165) is 52.0 Å². The van der Waals surface area contributed by atoms with Gasteiger partial charge >= 0.3 is 6.03 Å². The first-order chi connectivity index (χ1) is 11.2. The maximum atomic E-state index is 11.5. The molecule has 1 heterocycles. The maximum absolute atomic E-state index is 11.5. The lowest BCUT2D eigenvalue weighted by atomic mass is 9.78. The van der Waals surface area contributed by atoms with Gasteiger partial charge in [0.1, 0.15) is 0 Å². The van der Waals surface area contributed by atoms with Gasteiger partial charge in [0.25, 0.3) is 0 Å². The van der Waals surface area contributed by atoms with Crippen molar-refractivity contribution < 1.29 is 9.53 Å². The highest BCUT2D eigenvalue weighted by Gasteiger charge is 2.29. The quantitative estimate of drug-likeness (QED) is 0.742. The fraction of sp³-hybridized carbons (Fsp3) is 0.632. The molecule has 0 aromatic heterocycles. The SMILES string of the molecule is CCOCCCCC(c1ccccc1)C1CCCN(C(N)=O)C1. The smallest absolute Gasteiger partial charge is 0.314 e. The second kappa shape index (κ2) is 9.56. The van der Waals surface area contributed by atoms with E-state index in [9.17, 15) is 4.79 Å². The summed E-state index contributed by atoms with van der Waals surface area (Å²) in [6.07, 6.45) is 5.63. The summed E-state index contributed by atoms with van der Waals surface area (Å²) < 4.78 is 5.45. The van der Waals surface area contributed by atoms with Gasteiger partial charge in [-0.15, -0.1) is 0 Å². The minimum atomic E-state index is -0.280. The number of primary amides is 1. The standard InChI is InChI=1S/C19H30N2O2/c1-2-23-14-7-6-12-18(16-9-4-3-5-10-16)17-11-8-13-21(15-17)19(20)22/h3-5,9-10,17-18H,2,6-8,11-15H2,1H3,(H2,20,22). The van der Waals surface area contributed by atoms with Crippen LogP contribution in [0.2, 0.25) is 0 Å². The number of hydrogen-bond acceptors (Lipinski definition) is 2. The number of hydrogen-bond donors (Lipinski definition) is 1. The van der Waals surface area contributed by atoms with E-state index < -0.39 is 0 Å². The molecule has 0 saturated carbocycles. The van der Waals surface area contributed by atoms with Crippen molar-refractivity contribution in [2.24, 2.45) is 11.7 Å². The third-order valence-corrected chi connectivity index (χ3v) is 4.82. The van der Waals surface area contributed by atoms with Crippen molar-refractivity contribution >= 4 is 6.03 Å². The van der Waals surface area contributed by atoms with E-state index in [1.165, 1.54) is 12.0 Å². The first-order valence-corrected chi connectivity index (χ1v) is 8.89. The van der Waals surface area contributed by atoms with Crippen molar-refractivity contribution in [2.75, 3.05) is 26.3 Å². The Kier molecular flexibility index (Phi) is 7.40. The van der Waals surface area contributed by atoms with Crippen LogP contribution in [0.1, 0.15) is 50.5 Å². The van der Waals surface area contributed by atoms with Crippen LogP contribution in [-0.2, 0) is 4.74 Å². The number of carbonyl (C=O) groups excluding carboxylic acids is 1. The molecule has 1 aromatic rings. The number of likely N-dealkylation sites (tertiary alicyclic amines) is 1. The monoisotopic (exact) mass is 318 g/mol. The second-order valence-corrected chi connectivity index (χ2v) is 6.40. The number of nitrogens with zero attached hydrogens (tertiary/aromatic N) is 1. The Morgan fingerprint density at radius 2 is 2.13 bits per heavy atom. The maximum Gasteiger partial charge on any atom is 0.314 e. The topological polar surface area (TPSA) is 55.6 Å². The number of piperidine rings is 1. The first-order valence-electron chi connectivity index (χ1n) is 8.89. The summed E-state index contributed by atoms with van der Waals surface area (Å²) in [4.78, 5) is 13.3. The minimum Gasteiger partial charge on any atom is -0.382 e. The fourth-order valence-corrected chi connectivity index (χ4v) is 3.63. The molecule has 4 heteroatoms. The van der Waals surface area contributed by atoms with Gasteiger partial charge in [-0.3, -0.25) is 0 Å². The van der Waals surface area contributed by atoms with Crippen molar-refractivity contribution in [2.45, 2.75) is 44.9 Å². The van der Waals surface area contributed by atoms with E-state index in [0.29, 0.717) is 11.8 Å². The molecule has 128 valence electrons. The van der Waals surface area contributed by atoms with Gasteiger partial charge in [-0.2, -0.15) is 0 Å². The molecule has 1 aliphatic rings. The Morgan fingerprint density at radius 1 is 1.35 bits per heavy atom. The van der Waals surface area contributed by atoms with Gasteiger partial charge in [-0.1, -0.05) is 36.8 Å². The summed E-state index contributed by atoms with van der Waals surface area (Å²) in [5.74, 6) is 1.01. The molecule has 2 atom stereocenters. The number of carbonyl (C=O) groups is 1. The Hall–Kier alpha value is -1.55. The van der Waals surface area contributed by atoms with Gasteiger partial charge < -0.3 is 15.4 Å². The molecule has 2 amide bonds. The van der Waals surface area contributed by atoms with Crippen LogP contribution in [-0.4, -0.2) is 37.2 Å². The summed E-state index contributed by atoms with van der Waals surface area (Å²) in [5, 5.41) is 0. The number of rotatable bonds is 8. The highest BCUT2D eigenvalue weighted by atomic mass is 16.5. The molecular weight excluding hydrogens is 288 g/mol. The molecule has 0 radical (unpaired) electrons. The number of nitrogens with two attached hydrogens (primary N) is 1. The van der Waals surface area contributed by atoms with Crippen molar-refractivity contribution in [3.8, 4) is 0 Å². The number of urea groups is 1. The van der Waals surface area contributed by atoms with Gasteiger partial charge in [0.2, 0.25) is 0 Å². The minimum absolute atomic E-state index is 0.280. The Balaban J connectivity index is 1.99. The third-order valence-electron chi connectivity index (χ3n) is 4.82. The van der Waals surface area contributed by atoms with Crippen LogP contribution in [0.15, 0.2) is 30.3 Å². The molecule has 1 aliphatic heterocycles. The number of ether oxygens (including phenoxy) is 1. The normalized spacial score (nSPS) is 19.5. The van der Waals surface area contributed by atoms with Crippen LogP contribution in [0.25, 0.3) is 0 Å². The fourth-order valence-electron chi connectivity index (χ4n) is 3.63. The van der Waals surface area contributed by atoms with Crippen LogP contribution in [0, 0.1) is 5.92 Å². The average molecular weight is 318 g/mol. The van der Waals surface area contributed by atoms with E-state index in [-0.39, 0.29) is 6.03 Å². The predicted molar refractivity (Wildman–Crippen MR) is 93.4 cm³/mol. The number of unbranched alkanes of at least 4 members (excludes halogenated alkanes) is 1. The lowest BCUT2D eigenvalue weighted by Gasteiger charge is -2.36. The summed E-state index contributed by atoms with van der Waals surface area (Å²) in [6.45, 7) is 5.26. The molecule has 2 rings (SSSR count). The van der Waals surface area contributed by atoms with Crippen LogP contribution < -0.4 is 5.73 Å². The molecule has 0 bridgehead atoms. The number of benzene rings is 1. The molecule has 2 unspecified atom stereocenters. The van der Waals surface area contributed by atoms with E-state index in [4.69, 9.17) is 10.5 Å². The highest BCUT2D eigenvalue weighted by Crippen LogP contribution is 2.35. The summed E-state index contributed by atoms with van der Waals surface area (Å²) in [6, 6.07) is 10.4. The predicted octanol–water partition coefficient (Wildman–Crippen LogP) is 3.77.